The first-order valence-corrected chi connectivity index (χ1v) is 7.19. The number of para-hydroxylation sites is 2. The molecule has 0 aliphatic heterocycles. The molecule has 2 N–H and O–H groups in total. The minimum absolute atomic E-state index is 0.0492. The van der Waals surface area contributed by atoms with Crippen molar-refractivity contribution in [2.45, 2.75) is 46.1 Å². The number of carbonyl (C=O) groups is 2. The van der Waals surface area contributed by atoms with Crippen molar-refractivity contribution in [3.05, 3.63) is 24.3 Å². The molecule has 2 atom stereocenters. The summed E-state index contributed by atoms with van der Waals surface area (Å²) < 4.78 is 5.23. The van der Waals surface area contributed by atoms with E-state index in [4.69, 9.17) is 4.74 Å². The van der Waals surface area contributed by atoms with Crippen molar-refractivity contribution in [2.24, 2.45) is 5.92 Å². The van der Waals surface area contributed by atoms with Crippen LogP contribution in [0, 0.1) is 5.92 Å². The van der Waals surface area contributed by atoms with Crippen LogP contribution in [-0.4, -0.2) is 23.1 Å². The van der Waals surface area contributed by atoms with Crippen LogP contribution in [-0.2, 0) is 9.59 Å². The zero-order valence-corrected chi connectivity index (χ0v) is 12.8. The molecule has 5 heteroatoms. The van der Waals surface area contributed by atoms with Gasteiger partial charge in [0.1, 0.15) is 0 Å². The van der Waals surface area contributed by atoms with Crippen LogP contribution in [0.4, 0.5) is 5.69 Å². The number of hydrogen-bond acceptors (Lipinski definition) is 4. The third-order valence-electron chi connectivity index (χ3n) is 3.20. The molecule has 0 bridgehead atoms. The Labute approximate surface area is 125 Å². The normalized spacial score (nSPS) is 13.3. The number of aliphatic hydroxyl groups is 1. The number of esters is 1. The summed E-state index contributed by atoms with van der Waals surface area (Å²) >= 11 is 0. The maximum atomic E-state index is 11.9. The van der Waals surface area contributed by atoms with Crippen molar-refractivity contribution in [3.8, 4) is 5.75 Å². The smallest absolute Gasteiger partial charge is 0.313 e. The van der Waals surface area contributed by atoms with E-state index in [1.807, 2.05) is 13.8 Å². The fourth-order valence-corrected chi connectivity index (χ4v) is 2.03. The molecule has 2 unspecified atom stereocenters. The number of rotatable bonds is 7. The van der Waals surface area contributed by atoms with Gasteiger partial charge >= 0.3 is 5.97 Å². The lowest BCUT2D eigenvalue weighted by molar-refractivity contribution is -0.137. The van der Waals surface area contributed by atoms with E-state index in [1.165, 1.54) is 6.92 Å². The molecule has 1 amide bonds. The number of benzene rings is 1. The molecule has 21 heavy (non-hydrogen) atoms. The van der Waals surface area contributed by atoms with Crippen LogP contribution in [0.5, 0.6) is 5.75 Å². The number of anilines is 1. The highest BCUT2D eigenvalue weighted by Gasteiger charge is 2.19. The molecule has 5 nitrogen and oxygen atoms in total. The Hall–Kier alpha value is -1.88. The lowest BCUT2D eigenvalue weighted by Gasteiger charge is -2.17. The van der Waals surface area contributed by atoms with E-state index in [0.717, 1.165) is 12.8 Å². The quantitative estimate of drug-likeness (QED) is 0.598. The van der Waals surface area contributed by atoms with Gasteiger partial charge in [-0.15, -0.1) is 0 Å². The molecular formula is C16H23NO4. The Bertz CT molecular complexity index is 487. The van der Waals surface area contributed by atoms with Crippen LogP contribution >= 0.6 is 0 Å². The van der Waals surface area contributed by atoms with Gasteiger partial charge in [0.05, 0.1) is 18.2 Å². The largest absolute Gasteiger partial charge is 0.424 e. The third kappa shape index (κ3) is 5.95. The van der Waals surface area contributed by atoms with Gasteiger partial charge < -0.3 is 15.2 Å². The third-order valence-corrected chi connectivity index (χ3v) is 3.20. The fourth-order valence-electron chi connectivity index (χ4n) is 2.03. The number of ether oxygens (including phenoxy) is 1. The van der Waals surface area contributed by atoms with E-state index in [1.54, 1.807) is 24.3 Å². The van der Waals surface area contributed by atoms with Crippen molar-refractivity contribution in [1.29, 1.82) is 0 Å². The van der Waals surface area contributed by atoms with E-state index in [9.17, 15) is 14.7 Å². The van der Waals surface area contributed by atoms with Crippen LogP contribution < -0.4 is 10.1 Å². The molecule has 0 aliphatic carbocycles. The van der Waals surface area contributed by atoms with Crippen molar-refractivity contribution in [3.63, 3.8) is 0 Å². The molecule has 0 saturated heterocycles. The number of nitrogens with one attached hydrogen (secondary N) is 1. The summed E-state index contributed by atoms with van der Waals surface area (Å²) in [6.07, 6.45) is 1.04. The van der Waals surface area contributed by atoms with Crippen molar-refractivity contribution in [2.75, 3.05) is 5.32 Å². The van der Waals surface area contributed by atoms with E-state index in [0.29, 0.717) is 5.69 Å². The Kier molecular flexibility index (Phi) is 6.88. The predicted molar refractivity (Wildman–Crippen MR) is 81.1 cm³/mol. The van der Waals surface area contributed by atoms with Crippen LogP contribution in [0.2, 0.25) is 0 Å². The van der Waals surface area contributed by atoms with Gasteiger partial charge in [0.15, 0.2) is 5.75 Å². The number of amides is 1. The van der Waals surface area contributed by atoms with E-state index < -0.39 is 12.1 Å². The molecule has 0 radical (unpaired) electrons. The minimum Gasteiger partial charge on any atom is -0.424 e. The Morgan fingerprint density at radius 1 is 1.33 bits per heavy atom. The summed E-state index contributed by atoms with van der Waals surface area (Å²) in [5, 5.41) is 12.5. The summed E-state index contributed by atoms with van der Waals surface area (Å²) in [5.74, 6) is -0.417. The van der Waals surface area contributed by atoms with E-state index in [-0.39, 0.29) is 24.0 Å². The summed E-state index contributed by atoms with van der Waals surface area (Å²) in [6, 6.07) is 6.70. The lowest BCUT2D eigenvalue weighted by Crippen LogP contribution is -2.24. The highest BCUT2D eigenvalue weighted by atomic mass is 16.5. The monoisotopic (exact) mass is 293 g/mol. The standard InChI is InChI=1S/C16H23NO4/c1-4-7-11(2)14(19)10-16(20)21-15-9-6-5-8-13(15)17-12(3)18/h5-6,8-9,11,14,19H,4,7,10H2,1-3H3,(H,17,18). The van der Waals surface area contributed by atoms with Gasteiger partial charge in [-0.3, -0.25) is 9.59 Å². The number of aliphatic hydroxyl groups excluding tert-OH is 1. The van der Waals surface area contributed by atoms with Crippen molar-refractivity contribution in [1.82, 2.24) is 0 Å². The highest BCUT2D eigenvalue weighted by molar-refractivity contribution is 5.91. The van der Waals surface area contributed by atoms with Crippen molar-refractivity contribution < 1.29 is 19.4 Å². The minimum atomic E-state index is -0.717. The zero-order valence-electron chi connectivity index (χ0n) is 12.8. The molecule has 0 spiro atoms. The predicted octanol–water partition coefficient (Wildman–Crippen LogP) is 2.74. The first-order valence-electron chi connectivity index (χ1n) is 7.19. The summed E-state index contributed by atoms with van der Waals surface area (Å²) in [7, 11) is 0. The fraction of sp³-hybridized carbons (Fsp3) is 0.500. The van der Waals surface area contributed by atoms with Gasteiger partial charge in [-0.25, -0.2) is 0 Å². The molecule has 1 aromatic rings. The van der Waals surface area contributed by atoms with Crippen LogP contribution in [0.15, 0.2) is 24.3 Å². The van der Waals surface area contributed by atoms with Gasteiger partial charge in [0, 0.05) is 6.92 Å². The second kappa shape index (κ2) is 8.42. The van der Waals surface area contributed by atoms with Crippen molar-refractivity contribution >= 4 is 17.6 Å². The van der Waals surface area contributed by atoms with Gasteiger partial charge in [0.2, 0.25) is 5.91 Å². The maximum absolute atomic E-state index is 11.9. The average molecular weight is 293 g/mol. The molecule has 0 heterocycles. The molecule has 1 rings (SSSR count). The second-order valence-electron chi connectivity index (χ2n) is 5.19. The first kappa shape index (κ1) is 17.2. The van der Waals surface area contributed by atoms with Gasteiger partial charge in [0.25, 0.3) is 0 Å². The lowest BCUT2D eigenvalue weighted by atomic mass is 9.97. The number of carbonyl (C=O) groups excluding carboxylic acids is 2. The maximum Gasteiger partial charge on any atom is 0.313 e. The first-order chi connectivity index (χ1) is 9.93. The summed E-state index contributed by atoms with van der Waals surface area (Å²) in [6.45, 7) is 5.33. The molecule has 116 valence electrons. The molecule has 0 saturated carbocycles. The average Bonchev–Trinajstić information content (AvgIpc) is 2.40. The summed E-state index contributed by atoms with van der Waals surface area (Å²) in [4.78, 5) is 23.0. The highest BCUT2D eigenvalue weighted by Crippen LogP contribution is 2.24. The van der Waals surface area contributed by atoms with E-state index in [2.05, 4.69) is 5.32 Å². The van der Waals surface area contributed by atoms with Gasteiger partial charge in [-0.1, -0.05) is 32.4 Å². The second-order valence-corrected chi connectivity index (χ2v) is 5.19. The van der Waals surface area contributed by atoms with Crippen LogP contribution in [0.1, 0.15) is 40.0 Å². The van der Waals surface area contributed by atoms with Gasteiger partial charge in [-0.05, 0) is 24.5 Å². The Balaban J connectivity index is 2.64. The molecule has 0 aliphatic rings. The topological polar surface area (TPSA) is 75.6 Å². The SMILES string of the molecule is CCCC(C)C(O)CC(=O)Oc1ccccc1NC(C)=O. The Morgan fingerprint density at radius 3 is 2.62 bits per heavy atom. The summed E-state index contributed by atoms with van der Waals surface area (Å²) in [5.41, 5.74) is 0.439. The van der Waals surface area contributed by atoms with Gasteiger partial charge in [-0.2, -0.15) is 0 Å². The molecular weight excluding hydrogens is 270 g/mol. The Morgan fingerprint density at radius 2 is 2.00 bits per heavy atom. The number of hydrogen-bond donors (Lipinski definition) is 2. The van der Waals surface area contributed by atoms with Crippen LogP contribution in [0.25, 0.3) is 0 Å². The molecule has 0 fully saturated rings. The molecule has 0 aromatic heterocycles. The molecule has 1 aromatic carbocycles. The van der Waals surface area contributed by atoms with Crippen LogP contribution in [0.3, 0.4) is 0 Å². The van der Waals surface area contributed by atoms with E-state index >= 15 is 0 Å². The zero-order chi connectivity index (χ0) is 15.8.